The van der Waals surface area contributed by atoms with E-state index in [9.17, 15) is 0 Å². The molecular formula is C12H15N3S. The molecule has 3 nitrogen and oxygen atoms in total. The molecular weight excluding hydrogens is 218 g/mol. The number of nitrogens with zero attached hydrogens (tertiary/aromatic N) is 1. The lowest BCUT2D eigenvalue weighted by Gasteiger charge is -2.02. The van der Waals surface area contributed by atoms with Crippen LogP contribution in [0.25, 0.3) is 10.6 Å². The van der Waals surface area contributed by atoms with Crippen molar-refractivity contribution in [1.29, 1.82) is 0 Å². The third kappa shape index (κ3) is 1.68. The summed E-state index contributed by atoms with van der Waals surface area (Å²) in [5.41, 5.74) is 2.31. The lowest BCUT2D eigenvalue weighted by Crippen LogP contribution is -2.08. The predicted molar refractivity (Wildman–Crippen MR) is 66.9 cm³/mol. The number of hydrogen-bond donors (Lipinski definition) is 2. The van der Waals surface area contributed by atoms with E-state index < -0.39 is 0 Å². The molecule has 1 atom stereocenters. The number of H-pyrrole nitrogens is 1. The maximum atomic E-state index is 4.75. The smallest absolute Gasteiger partial charge is 0.111 e. The van der Waals surface area contributed by atoms with Gasteiger partial charge in [0.15, 0.2) is 0 Å². The second-order valence-corrected chi connectivity index (χ2v) is 5.21. The number of aryl methyl sites for hydroxylation is 1. The van der Waals surface area contributed by atoms with Gasteiger partial charge in [-0.1, -0.05) is 6.07 Å². The van der Waals surface area contributed by atoms with E-state index in [1.807, 2.05) is 0 Å². The normalized spacial score (nSPS) is 20.4. The Morgan fingerprint density at radius 2 is 2.44 bits per heavy atom. The van der Waals surface area contributed by atoms with Gasteiger partial charge >= 0.3 is 0 Å². The molecule has 0 radical (unpaired) electrons. The molecule has 0 saturated carbocycles. The standard InChI is InChI=1S/C12H15N3S/c1-8-11(10-3-2-6-16-10)15-12(14-8)9-4-5-13-7-9/h2-3,6,9,13H,4-5,7H2,1H3,(H,14,15). The first-order valence-corrected chi connectivity index (χ1v) is 6.53. The van der Waals surface area contributed by atoms with Gasteiger partial charge in [0.25, 0.3) is 0 Å². The minimum atomic E-state index is 0.562. The van der Waals surface area contributed by atoms with Crippen LogP contribution in [0.3, 0.4) is 0 Å². The molecule has 3 rings (SSSR count). The molecule has 16 heavy (non-hydrogen) atoms. The number of nitrogens with one attached hydrogen (secondary N) is 2. The molecule has 0 aliphatic carbocycles. The molecule has 2 N–H and O–H groups in total. The second kappa shape index (κ2) is 4.03. The molecule has 84 valence electrons. The highest BCUT2D eigenvalue weighted by atomic mass is 32.1. The zero-order valence-corrected chi connectivity index (χ0v) is 10.1. The largest absolute Gasteiger partial charge is 0.345 e. The average molecular weight is 233 g/mol. The van der Waals surface area contributed by atoms with Crippen LogP contribution in [-0.2, 0) is 0 Å². The van der Waals surface area contributed by atoms with Gasteiger partial charge < -0.3 is 10.3 Å². The van der Waals surface area contributed by atoms with Gasteiger partial charge in [-0.15, -0.1) is 11.3 Å². The zero-order chi connectivity index (χ0) is 11.0. The number of aromatic nitrogens is 2. The topological polar surface area (TPSA) is 40.7 Å². The van der Waals surface area contributed by atoms with Crippen LogP contribution in [0.1, 0.15) is 23.9 Å². The quantitative estimate of drug-likeness (QED) is 0.837. The van der Waals surface area contributed by atoms with E-state index in [4.69, 9.17) is 4.98 Å². The van der Waals surface area contributed by atoms with Crippen LogP contribution in [0.2, 0.25) is 0 Å². The van der Waals surface area contributed by atoms with Crippen LogP contribution in [-0.4, -0.2) is 23.1 Å². The minimum absolute atomic E-state index is 0.562. The van der Waals surface area contributed by atoms with Gasteiger partial charge in [-0.25, -0.2) is 4.98 Å². The maximum Gasteiger partial charge on any atom is 0.111 e. The fourth-order valence-corrected chi connectivity index (χ4v) is 2.99. The van der Waals surface area contributed by atoms with E-state index >= 15 is 0 Å². The van der Waals surface area contributed by atoms with Crippen LogP contribution >= 0.6 is 11.3 Å². The highest BCUT2D eigenvalue weighted by Crippen LogP contribution is 2.29. The van der Waals surface area contributed by atoms with E-state index in [0.717, 1.165) is 24.6 Å². The molecule has 3 heterocycles. The summed E-state index contributed by atoms with van der Waals surface area (Å²) in [7, 11) is 0. The first-order chi connectivity index (χ1) is 7.84. The Balaban J connectivity index is 1.95. The van der Waals surface area contributed by atoms with Crippen LogP contribution in [0.5, 0.6) is 0 Å². The van der Waals surface area contributed by atoms with Gasteiger partial charge in [0.1, 0.15) is 11.5 Å². The van der Waals surface area contributed by atoms with Crippen molar-refractivity contribution in [2.24, 2.45) is 0 Å². The molecule has 1 unspecified atom stereocenters. The van der Waals surface area contributed by atoms with Gasteiger partial charge in [0.05, 0.1) is 4.88 Å². The van der Waals surface area contributed by atoms with Crippen LogP contribution in [0.15, 0.2) is 17.5 Å². The van der Waals surface area contributed by atoms with Gasteiger partial charge in [0.2, 0.25) is 0 Å². The van der Waals surface area contributed by atoms with E-state index in [0.29, 0.717) is 5.92 Å². The lowest BCUT2D eigenvalue weighted by molar-refractivity contribution is 0.713. The molecule has 1 fully saturated rings. The molecule has 0 bridgehead atoms. The number of thiophene rings is 1. The van der Waals surface area contributed by atoms with Crippen molar-refractivity contribution in [2.75, 3.05) is 13.1 Å². The zero-order valence-electron chi connectivity index (χ0n) is 9.29. The van der Waals surface area contributed by atoms with Crippen molar-refractivity contribution < 1.29 is 0 Å². The summed E-state index contributed by atoms with van der Waals surface area (Å²) in [6.45, 7) is 4.27. The van der Waals surface area contributed by atoms with Crippen molar-refractivity contribution in [1.82, 2.24) is 15.3 Å². The van der Waals surface area contributed by atoms with Gasteiger partial charge in [-0.3, -0.25) is 0 Å². The van der Waals surface area contributed by atoms with E-state index in [2.05, 4.69) is 34.7 Å². The molecule has 0 amide bonds. The van der Waals surface area contributed by atoms with Crippen LogP contribution < -0.4 is 5.32 Å². The Morgan fingerprint density at radius 3 is 3.12 bits per heavy atom. The summed E-state index contributed by atoms with van der Waals surface area (Å²) < 4.78 is 0. The molecule has 2 aromatic rings. The van der Waals surface area contributed by atoms with Gasteiger partial charge in [-0.05, 0) is 31.3 Å². The predicted octanol–water partition coefficient (Wildman–Crippen LogP) is 2.52. The summed E-state index contributed by atoms with van der Waals surface area (Å²) in [6, 6.07) is 4.20. The number of rotatable bonds is 2. The Labute approximate surface area is 98.9 Å². The summed E-state index contributed by atoms with van der Waals surface area (Å²) >= 11 is 1.75. The van der Waals surface area contributed by atoms with Crippen molar-refractivity contribution in [2.45, 2.75) is 19.3 Å². The van der Waals surface area contributed by atoms with E-state index in [1.54, 1.807) is 11.3 Å². The summed E-state index contributed by atoms with van der Waals surface area (Å²) in [4.78, 5) is 9.44. The first kappa shape index (κ1) is 10.1. The fourth-order valence-electron chi connectivity index (χ4n) is 2.22. The van der Waals surface area contributed by atoms with Crippen molar-refractivity contribution in [3.8, 4) is 10.6 Å². The lowest BCUT2D eigenvalue weighted by atomic mass is 10.1. The fraction of sp³-hybridized carbons (Fsp3) is 0.417. The molecule has 1 saturated heterocycles. The number of aromatic amines is 1. The van der Waals surface area contributed by atoms with Crippen molar-refractivity contribution in [3.05, 3.63) is 29.0 Å². The summed E-state index contributed by atoms with van der Waals surface area (Å²) in [5.74, 6) is 1.71. The molecule has 1 aliphatic heterocycles. The van der Waals surface area contributed by atoms with Crippen LogP contribution in [0.4, 0.5) is 0 Å². The molecule has 0 spiro atoms. The van der Waals surface area contributed by atoms with E-state index in [1.165, 1.54) is 17.0 Å². The maximum absolute atomic E-state index is 4.75. The highest BCUT2D eigenvalue weighted by Gasteiger charge is 2.21. The Kier molecular flexibility index (Phi) is 2.53. The third-order valence-electron chi connectivity index (χ3n) is 3.10. The van der Waals surface area contributed by atoms with Gasteiger partial charge in [0, 0.05) is 18.2 Å². The molecule has 2 aromatic heterocycles. The van der Waals surface area contributed by atoms with Crippen LogP contribution in [0, 0.1) is 6.92 Å². The van der Waals surface area contributed by atoms with Crippen molar-refractivity contribution in [3.63, 3.8) is 0 Å². The van der Waals surface area contributed by atoms with Gasteiger partial charge in [-0.2, -0.15) is 0 Å². The Bertz CT molecular complexity index is 466. The monoisotopic (exact) mass is 233 g/mol. The Morgan fingerprint density at radius 1 is 1.50 bits per heavy atom. The number of imidazole rings is 1. The SMILES string of the molecule is Cc1[nH]c(C2CCNC2)nc1-c1cccs1. The first-order valence-electron chi connectivity index (χ1n) is 5.65. The number of hydrogen-bond acceptors (Lipinski definition) is 3. The Hall–Kier alpha value is -1.13. The highest BCUT2D eigenvalue weighted by molar-refractivity contribution is 7.13. The summed E-state index contributed by atoms with van der Waals surface area (Å²) in [5, 5.41) is 5.47. The second-order valence-electron chi connectivity index (χ2n) is 4.26. The average Bonchev–Trinajstić information content (AvgIpc) is 2.97. The summed E-state index contributed by atoms with van der Waals surface area (Å²) in [6.07, 6.45) is 1.19. The molecule has 0 aromatic carbocycles. The minimum Gasteiger partial charge on any atom is -0.345 e. The molecule has 4 heteroatoms. The molecule has 1 aliphatic rings. The third-order valence-corrected chi connectivity index (χ3v) is 3.98. The van der Waals surface area contributed by atoms with E-state index in [-0.39, 0.29) is 0 Å². The van der Waals surface area contributed by atoms with Crippen molar-refractivity contribution >= 4 is 11.3 Å².